The minimum absolute atomic E-state index is 0.0533. The van der Waals surface area contributed by atoms with Crippen molar-refractivity contribution in [1.29, 1.82) is 0 Å². The molecule has 0 atom stereocenters. The van der Waals surface area contributed by atoms with Gasteiger partial charge in [0.1, 0.15) is 11.5 Å². The number of H-pyrrole nitrogens is 1. The van der Waals surface area contributed by atoms with Gasteiger partial charge in [-0.05, 0) is 30.9 Å². The van der Waals surface area contributed by atoms with Gasteiger partial charge in [0.05, 0.1) is 4.92 Å². The van der Waals surface area contributed by atoms with Gasteiger partial charge in [-0.2, -0.15) is 0 Å². The van der Waals surface area contributed by atoms with E-state index in [1.165, 1.54) is 22.8 Å². The highest BCUT2D eigenvalue weighted by atomic mass is 16.6. The molecule has 33 heavy (non-hydrogen) atoms. The highest BCUT2D eigenvalue weighted by Crippen LogP contribution is 2.22. The number of rotatable bonds is 11. The quantitative estimate of drug-likeness (QED) is 0.344. The van der Waals surface area contributed by atoms with Crippen LogP contribution in [-0.4, -0.2) is 33.5 Å². The predicted molar refractivity (Wildman–Crippen MR) is 129 cm³/mol. The molecule has 1 aromatic heterocycles. The fraction of sp³-hybridized carbons (Fsp3) is 0.500. The first-order valence-corrected chi connectivity index (χ1v) is 11.0. The highest BCUT2D eigenvalue weighted by molar-refractivity contribution is 5.92. The van der Waals surface area contributed by atoms with Crippen molar-refractivity contribution in [3.63, 3.8) is 0 Å². The molecule has 11 heteroatoms. The van der Waals surface area contributed by atoms with Crippen molar-refractivity contribution in [2.24, 2.45) is 5.92 Å². The molecule has 1 aromatic carbocycles. The molecule has 180 valence electrons. The monoisotopic (exact) mass is 460 g/mol. The molecule has 0 spiro atoms. The van der Waals surface area contributed by atoms with E-state index >= 15 is 0 Å². The van der Waals surface area contributed by atoms with Crippen LogP contribution in [0.4, 0.5) is 22.9 Å². The van der Waals surface area contributed by atoms with Crippen LogP contribution >= 0.6 is 0 Å². The smallest absolute Gasteiger partial charge is 0.330 e. The summed E-state index contributed by atoms with van der Waals surface area (Å²) >= 11 is 0. The van der Waals surface area contributed by atoms with Gasteiger partial charge in [0.15, 0.2) is 0 Å². The second-order valence-corrected chi connectivity index (χ2v) is 8.39. The minimum atomic E-state index is -0.583. The van der Waals surface area contributed by atoms with Crippen LogP contribution in [0, 0.1) is 23.0 Å². The second-order valence-electron chi connectivity index (χ2n) is 8.39. The third-order valence-corrected chi connectivity index (χ3v) is 5.16. The molecular formula is C22H32N6O5. The Kier molecular flexibility index (Phi) is 8.78. The number of aromatic nitrogens is 2. The number of nitrogen functional groups attached to an aromatic ring is 1. The first-order chi connectivity index (χ1) is 15.5. The first kappa shape index (κ1) is 25.6. The topological polar surface area (TPSA) is 156 Å². The molecule has 11 nitrogen and oxygen atoms in total. The number of unbranched alkanes of at least 4 members (excludes halogenated alkanes) is 1. The van der Waals surface area contributed by atoms with E-state index in [1.807, 2.05) is 20.8 Å². The van der Waals surface area contributed by atoms with Crippen molar-refractivity contribution in [2.75, 3.05) is 29.0 Å². The zero-order valence-corrected chi connectivity index (χ0v) is 19.5. The number of non-ortho nitro benzene ring substituents is 1. The Morgan fingerprint density at radius 2 is 2.00 bits per heavy atom. The molecule has 0 saturated carbocycles. The zero-order valence-electron chi connectivity index (χ0n) is 19.5. The summed E-state index contributed by atoms with van der Waals surface area (Å²) in [5.41, 5.74) is 6.28. The van der Waals surface area contributed by atoms with E-state index in [2.05, 4.69) is 10.3 Å². The molecule has 2 aromatic rings. The van der Waals surface area contributed by atoms with Crippen LogP contribution in [0.2, 0.25) is 0 Å². The van der Waals surface area contributed by atoms with Crippen molar-refractivity contribution in [1.82, 2.24) is 9.55 Å². The van der Waals surface area contributed by atoms with Crippen molar-refractivity contribution in [3.05, 3.63) is 54.7 Å². The lowest BCUT2D eigenvalue weighted by atomic mass is 10.1. The standard InChI is InChI=1S/C22H32N6O5/c1-5-6-10-26(19-20(23)27(13-14(2)3)22(31)25-21(19)30)11-9-18(29)24-17-8-7-16(28(32)33)12-15(17)4/h7-8,12,14H,5-6,9-11,13,23H2,1-4H3,(H,24,29)(H,25,30,31). The Morgan fingerprint density at radius 1 is 1.30 bits per heavy atom. The van der Waals surface area contributed by atoms with E-state index < -0.39 is 16.2 Å². The maximum atomic E-state index is 12.6. The van der Waals surface area contributed by atoms with Crippen molar-refractivity contribution < 1.29 is 9.72 Å². The fourth-order valence-corrected chi connectivity index (χ4v) is 3.46. The van der Waals surface area contributed by atoms with Crippen LogP contribution in [-0.2, 0) is 11.3 Å². The summed E-state index contributed by atoms with van der Waals surface area (Å²) in [6.45, 7) is 8.63. The summed E-state index contributed by atoms with van der Waals surface area (Å²) in [7, 11) is 0. The molecule has 0 aliphatic heterocycles. The molecule has 0 fully saturated rings. The molecule has 0 aliphatic carbocycles. The molecule has 0 unspecified atom stereocenters. The van der Waals surface area contributed by atoms with E-state index in [1.54, 1.807) is 11.8 Å². The Bertz CT molecular complexity index is 1120. The highest BCUT2D eigenvalue weighted by Gasteiger charge is 2.20. The number of nitrogens with zero attached hydrogens (tertiary/aromatic N) is 3. The molecule has 0 saturated heterocycles. The van der Waals surface area contributed by atoms with Gasteiger partial charge < -0.3 is 16.0 Å². The number of nitro groups is 1. The van der Waals surface area contributed by atoms with E-state index in [0.717, 1.165) is 12.8 Å². The SMILES string of the molecule is CCCCN(CCC(=O)Nc1ccc([N+](=O)[O-])cc1C)c1c(N)n(CC(C)C)c(=O)[nH]c1=O. The number of aryl methyl sites for hydroxylation is 1. The van der Waals surface area contributed by atoms with Gasteiger partial charge in [0.2, 0.25) is 5.91 Å². The van der Waals surface area contributed by atoms with E-state index in [-0.39, 0.29) is 42.0 Å². The summed E-state index contributed by atoms with van der Waals surface area (Å²) < 4.78 is 1.35. The molecule has 1 heterocycles. The average molecular weight is 461 g/mol. The number of nitro benzene ring substituents is 1. The number of nitrogens with two attached hydrogens (primary N) is 1. The molecule has 0 radical (unpaired) electrons. The molecule has 0 bridgehead atoms. The lowest BCUT2D eigenvalue weighted by molar-refractivity contribution is -0.384. The number of carbonyl (C=O) groups excluding carboxylic acids is 1. The van der Waals surface area contributed by atoms with Crippen molar-refractivity contribution in [2.45, 2.75) is 53.5 Å². The third-order valence-electron chi connectivity index (χ3n) is 5.16. The van der Waals surface area contributed by atoms with Crippen LogP contribution in [0.15, 0.2) is 27.8 Å². The van der Waals surface area contributed by atoms with E-state index in [9.17, 15) is 24.5 Å². The number of hydrogen-bond donors (Lipinski definition) is 3. The number of carbonyl (C=O) groups is 1. The zero-order chi connectivity index (χ0) is 24.7. The second kappa shape index (κ2) is 11.3. The van der Waals surface area contributed by atoms with Gasteiger partial charge in [-0.25, -0.2) is 4.79 Å². The Hall–Kier alpha value is -3.63. The summed E-state index contributed by atoms with van der Waals surface area (Å²) in [4.78, 5) is 51.9. The van der Waals surface area contributed by atoms with Crippen LogP contribution in [0.1, 0.15) is 45.6 Å². The van der Waals surface area contributed by atoms with Gasteiger partial charge in [0, 0.05) is 43.9 Å². The first-order valence-electron chi connectivity index (χ1n) is 11.0. The van der Waals surface area contributed by atoms with Gasteiger partial charge in [-0.3, -0.25) is 29.3 Å². The number of aromatic amines is 1. The Balaban J connectivity index is 2.23. The summed E-state index contributed by atoms with van der Waals surface area (Å²) in [5, 5.41) is 13.7. The van der Waals surface area contributed by atoms with E-state index in [0.29, 0.717) is 24.3 Å². The number of anilines is 3. The Morgan fingerprint density at radius 3 is 2.58 bits per heavy atom. The van der Waals surface area contributed by atoms with Gasteiger partial charge >= 0.3 is 5.69 Å². The average Bonchev–Trinajstić information content (AvgIpc) is 2.73. The van der Waals surface area contributed by atoms with Gasteiger partial charge in [-0.15, -0.1) is 0 Å². The lowest BCUT2D eigenvalue weighted by Crippen LogP contribution is -2.40. The van der Waals surface area contributed by atoms with E-state index in [4.69, 9.17) is 5.73 Å². The van der Waals surface area contributed by atoms with Crippen molar-refractivity contribution >= 4 is 28.8 Å². The number of benzene rings is 1. The summed E-state index contributed by atoms with van der Waals surface area (Å²) in [6.07, 6.45) is 1.70. The van der Waals surface area contributed by atoms with Crippen LogP contribution < -0.4 is 27.2 Å². The number of amides is 1. The summed E-state index contributed by atoms with van der Waals surface area (Å²) in [5.74, 6) is -0.0808. The minimum Gasteiger partial charge on any atom is -0.383 e. The predicted octanol–water partition coefficient (Wildman–Crippen LogP) is 2.63. The molecule has 1 amide bonds. The van der Waals surface area contributed by atoms with Crippen LogP contribution in [0.3, 0.4) is 0 Å². The summed E-state index contributed by atoms with van der Waals surface area (Å²) in [6, 6.07) is 4.21. The third kappa shape index (κ3) is 6.67. The molecule has 0 aliphatic rings. The van der Waals surface area contributed by atoms with Crippen LogP contribution in [0.5, 0.6) is 0 Å². The largest absolute Gasteiger partial charge is 0.383 e. The maximum Gasteiger partial charge on any atom is 0.330 e. The Labute approximate surface area is 191 Å². The van der Waals surface area contributed by atoms with Crippen molar-refractivity contribution in [3.8, 4) is 0 Å². The normalized spacial score (nSPS) is 10.9. The fourth-order valence-electron chi connectivity index (χ4n) is 3.46. The van der Waals surface area contributed by atoms with Gasteiger partial charge in [0.25, 0.3) is 11.2 Å². The number of hydrogen-bond acceptors (Lipinski definition) is 7. The van der Waals surface area contributed by atoms with Gasteiger partial charge in [-0.1, -0.05) is 27.2 Å². The maximum absolute atomic E-state index is 12.6. The van der Waals surface area contributed by atoms with Crippen LogP contribution in [0.25, 0.3) is 0 Å². The molecule has 2 rings (SSSR count). The lowest BCUT2D eigenvalue weighted by Gasteiger charge is -2.26. The number of nitrogens with one attached hydrogen (secondary N) is 2. The molecule has 4 N–H and O–H groups in total. The molecular weight excluding hydrogens is 428 g/mol.